The molecule has 3 rings (SSSR count). The number of rotatable bonds is 7. The second kappa shape index (κ2) is 10.3. The minimum Gasteiger partial charge on any atom is -0.495 e. The van der Waals surface area contributed by atoms with Crippen LogP contribution >= 0.6 is 0 Å². The number of piperidine rings is 1. The van der Waals surface area contributed by atoms with Crippen molar-refractivity contribution in [2.24, 2.45) is 5.92 Å². The maximum atomic E-state index is 13.3. The lowest BCUT2D eigenvalue weighted by Gasteiger charge is -2.36. The fourth-order valence-corrected chi connectivity index (χ4v) is 3.92. The SMILES string of the molecule is CCN(C)C(C(=O)N1CCC(C(=O)Nc2ccccc2OC)CC1)c1ccccc1. The van der Waals surface area contributed by atoms with Gasteiger partial charge >= 0.3 is 0 Å². The molecule has 1 saturated heterocycles. The molecule has 1 atom stereocenters. The number of likely N-dealkylation sites (tertiary alicyclic amines) is 1. The molecular formula is C24H31N3O3. The van der Waals surface area contributed by atoms with Gasteiger partial charge in [0, 0.05) is 19.0 Å². The van der Waals surface area contributed by atoms with E-state index in [1.807, 2.05) is 66.5 Å². The summed E-state index contributed by atoms with van der Waals surface area (Å²) in [6, 6.07) is 17.0. The van der Waals surface area contributed by atoms with E-state index in [1.165, 1.54) is 0 Å². The van der Waals surface area contributed by atoms with Gasteiger partial charge in [-0.15, -0.1) is 0 Å². The topological polar surface area (TPSA) is 61.9 Å². The quantitative estimate of drug-likeness (QED) is 0.760. The molecule has 2 aromatic carbocycles. The van der Waals surface area contributed by atoms with Crippen LogP contribution in [0.2, 0.25) is 0 Å². The number of anilines is 1. The lowest BCUT2D eigenvalue weighted by molar-refractivity contribution is -0.139. The Kier molecular flexibility index (Phi) is 7.46. The summed E-state index contributed by atoms with van der Waals surface area (Å²) in [7, 11) is 3.56. The second-order valence-electron chi connectivity index (χ2n) is 7.68. The van der Waals surface area contributed by atoms with E-state index in [1.54, 1.807) is 7.11 Å². The van der Waals surface area contributed by atoms with E-state index < -0.39 is 0 Å². The van der Waals surface area contributed by atoms with Gasteiger partial charge in [0.05, 0.1) is 12.8 Å². The van der Waals surface area contributed by atoms with Gasteiger partial charge in [-0.1, -0.05) is 49.4 Å². The molecule has 1 heterocycles. The van der Waals surface area contributed by atoms with E-state index in [0.29, 0.717) is 37.4 Å². The van der Waals surface area contributed by atoms with E-state index in [2.05, 4.69) is 17.1 Å². The van der Waals surface area contributed by atoms with E-state index in [0.717, 1.165) is 12.1 Å². The Morgan fingerprint density at radius 2 is 1.73 bits per heavy atom. The smallest absolute Gasteiger partial charge is 0.244 e. The van der Waals surface area contributed by atoms with Crippen LogP contribution in [0.25, 0.3) is 0 Å². The molecule has 2 aromatic rings. The fraction of sp³-hybridized carbons (Fsp3) is 0.417. The Balaban J connectivity index is 1.62. The van der Waals surface area contributed by atoms with Gasteiger partial charge in [0.1, 0.15) is 11.8 Å². The first-order valence-corrected chi connectivity index (χ1v) is 10.5. The van der Waals surface area contributed by atoms with Crippen molar-refractivity contribution in [3.05, 3.63) is 60.2 Å². The fourth-order valence-electron chi connectivity index (χ4n) is 3.92. The number of para-hydroxylation sites is 2. The maximum Gasteiger partial charge on any atom is 0.244 e. The number of carbonyl (C=O) groups excluding carboxylic acids is 2. The lowest BCUT2D eigenvalue weighted by atomic mass is 9.94. The summed E-state index contributed by atoms with van der Waals surface area (Å²) in [5.74, 6) is 0.621. The average molecular weight is 410 g/mol. The highest BCUT2D eigenvalue weighted by atomic mass is 16.5. The zero-order chi connectivity index (χ0) is 21.5. The molecule has 0 aliphatic carbocycles. The Morgan fingerprint density at radius 1 is 1.10 bits per heavy atom. The average Bonchev–Trinajstić information content (AvgIpc) is 2.80. The third kappa shape index (κ3) is 5.00. The molecule has 1 aliphatic heterocycles. The monoisotopic (exact) mass is 409 g/mol. The highest BCUT2D eigenvalue weighted by molar-refractivity contribution is 5.94. The summed E-state index contributed by atoms with van der Waals surface area (Å²) in [4.78, 5) is 30.0. The van der Waals surface area contributed by atoms with Gasteiger partial charge in [0.2, 0.25) is 11.8 Å². The Labute approximate surface area is 178 Å². The summed E-state index contributed by atoms with van der Waals surface area (Å²) in [5.41, 5.74) is 1.68. The van der Waals surface area contributed by atoms with Crippen LogP contribution in [0.4, 0.5) is 5.69 Å². The predicted octanol–water partition coefficient (Wildman–Crippen LogP) is 3.57. The Morgan fingerprint density at radius 3 is 2.37 bits per heavy atom. The summed E-state index contributed by atoms with van der Waals surface area (Å²) in [6.45, 7) is 4.01. The van der Waals surface area contributed by atoms with Gasteiger partial charge in [0.15, 0.2) is 0 Å². The van der Waals surface area contributed by atoms with Crippen molar-refractivity contribution in [1.29, 1.82) is 0 Å². The maximum absolute atomic E-state index is 13.3. The molecular weight excluding hydrogens is 378 g/mol. The number of methoxy groups -OCH3 is 1. The molecule has 6 heteroatoms. The summed E-state index contributed by atoms with van der Waals surface area (Å²) >= 11 is 0. The number of hydrogen-bond acceptors (Lipinski definition) is 4. The first kappa shape index (κ1) is 21.8. The lowest BCUT2D eigenvalue weighted by Crippen LogP contribution is -2.46. The Hall–Kier alpha value is -2.86. The highest BCUT2D eigenvalue weighted by Gasteiger charge is 2.33. The van der Waals surface area contributed by atoms with Gasteiger partial charge < -0.3 is 15.0 Å². The summed E-state index contributed by atoms with van der Waals surface area (Å²) in [6.07, 6.45) is 1.31. The van der Waals surface area contributed by atoms with Gasteiger partial charge in [0.25, 0.3) is 0 Å². The Bertz CT molecular complexity index is 848. The van der Waals surface area contributed by atoms with Gasteiger partial charge in [-0.3, -0.25) is 14.5 Å². The largest absolute Gasteiger partial charge is 0.495 e. The molecule has 1 unspecified atom stereocenters. The van der Waals surface area contributed by atoms with Gasteiger partial charge in [-0.2, -0.15) is 0 Å². The minimum atomic E-state index is -0.296. The number of nitrogens with zero attached hydrogens (tertiary/aromatic N) is 2. The molecule has 0 aromatic heterocycles. The van der Waals surface area contributed by atoms with Gasteiger partial charge in [-0.05, 0) is 44.1 Å². The van der Waals surface area contributed by atoms with Crippen LogP contribution in [0, 0.1) is 5.92 Å². The molecule has 1 fully saturated rings. The van der Waals surface area contributed by atoms with Crippen LogP contribution in [0.1, 0.15) is 31.4 Å². The number of nitrogens with one attached hydrogen (secondary N) is 1. The molecule has 0 radical (unpaired) electrons. The van der Waals surface area contributed by atoms with Crippen LogP contribution in [0.15, 0.2) is 54.6 Å². The minimum absolute atomic E-state index is 0.0168. The number of amides is 2. The number of hydrogen-bond donors (Lipinski definition) is 1. The predicted molar refractivity (Wildman–Crippen MR) is 118 cm³/mol. The highest BCUT2D eigenvalue weighted by Crippen LogP contribution is 2.28. The van der Waals surface area contributed by atoms with E-state index in [9.17, 15) is 9.59 Å². The molecule has 1 N–H and O–H groups in total. The molecule has 0 spiro atoms. The zero-order valence-electron chi connectivity index (χ0n) is 18.0. The number of benzene rings is 2. The molecule has 1 aliphatic rings. The summed E-state index contributed by atoms with van der Waals surface area (Å²) < 4.78 is 5.31. The van der Waals surface area contributed by atoms with Crippen molar-refractivity contribution in [1.82, 2.24) is 9.80 Å². The van der Waals surface area contributed by atoms with Crippen molar-refractivity contribution in [3.63, 3.8) is 0 Å². The van der Waals surface area contributed by atoms with Crippen molar-refractivity contribution >= 4 is 17.5 Å². The van der Waals surface area contributed by atoms with Crippen LogP contribution in [0.3, 0.4) is 0 Å². The van der Waals surface area contributed by atoms with Gasteiger partial charge in [-0.25, -0.2) is 0 Å². The van der Waals surface area contributed by atoms with Crippen LogP contribution in [0.5, 0.6) is 5.75 Å². The number of likely N-dealkylation sites (N-methyl/N-ethyl adjacent to an activating group) is 1. The van der Waals surface area contributed by atoms with E-state index in [4.69, 9.17) is 4.74 Å². The molecule has 30 heavy (non-hydrogen) atoms. The second-order valence-corrected chi connectivity index (χ2v) is 7.68. The van der Waals surface area contributed by atoms with Crippen molar-refractivity contribution < 1.29 is 14.3 Å². The van der Waals surface area contributed by atoms with Crippen LogP contribution < -0.4 is 10.1 Å². The third-order valence-corrected chi connectivity index (χ3v) is 5.83. The van der Waals surface area contributed by atoms with Crippen molar-refractivity contribution in [2.45, 2.75) is 25.8 Å². The van der Waals surface area contributed by atoms with E-state index in [-0.39, 0.29) is 23.8 Å². The zero-order valence-corrected chi connectivity index (χ0v) is 18.0. The number of ether oxygens (including phenoxy) is 1. The van der Waals surface area contributed by atoms with Crippen molar-refractivity contribution in [3.8, 4) is 5.75 Å². The van der Waals surface area contributed by atoms with Crippen molar-refractivity contribution in [2.75, 3.05) is 39.1 Å². The third-order valence-electron chi connectivity index (χ3n) is 5.83. The molecule has 2 amide bonds. The summed E-state index contributed by atoms with van der Waals surface area (Å²) in [5, 5.41) is 2.98. The first-order chi connectivity index (χ1) is 14.5. The normalized spacial score (nSPS) is 15.7. The molecule has 160 valence electrons. The molecule has 0 bridgehead atoms. The molecule has 6 nitrogen and oxygen atoms in total. The first-order valence-electron chi connectivity index (χ1n) is 10.5. The van der Waals surface area contributed by atoms with Crippen LogP contribution in [-0.4, -0.2) is 55.4 Å². The standard InChI is InChI=1S/C24H31N3O3/c1-4-26(2)22(18-10-6-5-7-11-18)24(29)27-16-14-19(15-17-27)23(28)25-20-12-8-9-13-21(20)30-3/h5-13,19,22H,4,14-17H2,1-3H3,(H,25,28). The number of carbonyl (C=O) groups is 2. The molecule has 0 saturated carbocycles. The van der Waals surface area contributed by atoms with Crippen LogP contribution in [-0.2, 0) is 9.59 Å². The van der Waals surface area contributed by atoms with E-state index >= 15 is 0 Å².